The fourth-order valence-corrected chi connectivity index (χ4v) is 1.97. The van der Waals surface area contributed by atoms with Gasteiger partial charge in [0.2, 0.25) is 0 Å². The topological polar surface area (TPSA) is 29.3 Å². The Balaban J connectivity index is 2.16. The highest BCUT2D eigenvalue weighted by atomic mass is 19.1. The second-order valence-corrected chi connectivity index (χ2v) is 4.65. The second kappa shape index (κ2) is 6.87. The molecule has 2 nitrogen and oxygen atoms in total. The second-order valence-electron chi connectivity index (χ2n) is 4.65. The van der Waals surface area contributed by atoms with Crippen LogP contribution in [0, 0.1) is 23.5 Å². The number of halogens is 2. The van der Waals surface area contributed by atoms with Crippen LogP contribution in [-0.2, 0) is 6.54 Å². The fraction of sp³-hybridized carbons (Fsp3) is 0.176. The van der Waals surface area contributed by atoms with E-state index < -0.39 is 0 Å². The third-order valence-corrected chi connectivity index (χ3v) is 3.04. The van der Waals surface area contributed by atoms with Crippen molar-refractivity contribution in [3.8, 4) is 11.8 Å². The number of rotatable bonds is 3. The maximum absolute atomic E-state index is 14.0. The molecule has 21 heavy (non-hydrogen) atoms. The lowest BCUT2D eigenvalue weighted by atomic mass is 10.1. The third kappa shape index (κ3) is 4.04. The van der Waals surface area contributed by atoms with Gasteiger partial charge in [0.05, 0.1) is 6.54 Å². The maximum atomic E-state index is 14.0. The number of hydrogen-bond acceptors (Lipinski definition) is 2. The normalized spacial score (nSPS) is 9.90. The molecule has 0 aliphatic carbocycles. The highest BCUT2D eigenvalue weighted by Crippen LogP contribution is 2.18. The number of nitrogens with zero attached hydrogens (tertiary/aromatic N) is 1. The van der Waals surface area contributed by atoms with Gasteiger partial charge in [0.15, 0.2) is 0 Å². The van der Waals surface area contributed by atoms with E-state index in [-0.39, 0.29) is 18.2 Å². The zero-order valence-electron chi connectivity index (χ0n) is 11.7. The zero-order valence-corrected chi connectivity index (χ0v) is 11.7. The van der Waals surface area contributed by atoms with Crippen molar-refractivity contribution in [3.05, 3.63) is 65.2 Å². The number of nitrogens with two attached hydrogens (primary N) is 1. The average Bonchev–Trinajstić information content (AvgIpc) is 2.47. The van der Waals surface area contributed by atoms with E-state index >= 15 is 0 Å². The van der Waals surface area contributed by atoms with E-state index in [1.54, 1.807) is 36.2 Å². The van der Waals surface area contributed by atoms with Gasteiger partial charge in [-0.25, -0.2) is 8.78 Å². The molecular weight excluding hydrogens is 270 g/mol. The summed E-state index contributed by atoms with van der Waals surface area (Å²) in [4.78, 5) is 1.78. The predicted octanol–water partition coefficient (Wildman–Crippen LogP) is 2.91. The van der Waals surface area contributed by atoms with Crippen molar-refractivity contribution in [1.82, 2.24) is 0 Å². The molecule has 0 unspecified atom stereocenters. The summed E-state index contributed by atoms with van der Waals surface area (Å²) in [7, 11) is 1.79. The Morgan fingerprint density at radius 3 is 2.62 bits per heavy atom. The van der Waals surface area contributed by atoms with Crippen LogP contribution in [-0.4, -0.2) is 13.6 Å². The van der Waals surface area contributed by atoms with Gasteiger partial charge in [0.25, 0.3) is 0 Å². The zero-order chi connectivity index (χ0) is 15.2. The summed E-state index contributed by atoms with van der Waals surface area (Å²) in [5, 5.41) is 0. The quantitative estimate of drug-likeness (QED) is 0.879. The van der Waals surface area contributed by atoms with Crippen molar-refractivity contribution in [2.24, 2.45) is 5.73 Å². The van der Waals surface area contributed by atoms with Crippen molar-refractivity contribution >= 4 is 5.69 Å². The lowest BCUT2D eigenvalue weighted by Crippen LogP contribution is -2.17. The molecule has 4 heteroatoms. The van der Waals surface area contributed by atoms with Gasteiger partial charge >= 0.3 is 0 Å². The molecule has 0 heterocycles. The van der Waals surface area contributed by atoms with Crippen LogP contribution in [0.1, 0.15) is 11.1 Å². The van der Waals surface area contributed by atoms with Gasteiger partial charge in [-0.05, 0) is 30.3 Å². The van der Waals surface area contributed by atoms with Crippen LogP contribution in [0.3, 0.4) is 0 Å². The summed E-state index contributed by atoms with van der Waals surface area (Å²) >= 11 is 0. The largest absolute Gasteiger partial charge is 0.370 e. The molecular formula is C17H16F2N2. The van der Waals surface area contributed by atoms with Gasteiger partial charge in [-0.2, -0.15) is 0 Å². The standard InChI is InChI=1S/C17H16F2N2/c1-21(16-6-2-5-15(18)11-16)12-14-8-7-13(4-3-9-20)10-17(14)19/h2,5-8,10-11H,9,12,20H2,1H3. The van der Waals surface area contributed by atoms with E-state index in [0.717, 1.165) is 0 Å². The number of benzene rings is 2. The number of anilines is 1. The molecule has 2 aromatic rings. The highest BCUT2D eigenvalue weighted by Gasteiger charge is 2.08. The first-order valence-corrected chi connectivity index (χ1v) is 6.54. The average molecular weight is 286 g/mol. The molecule has 0 aliphatic heterocycles. The van der Waals surface area contributed by atoms with Crippen LogP contribution in [0.4, 0.5) is 14.5 Å². The summed E-state index contributed by atoms with van der Waals surface area (Å²) in [5.74, 6) is 4.83. The molecule has 0 saturated heterocycles. The Hall–Kier alpha value is -2.38. The molecule has 0 spiro atoms. The molecule has 0 aliphatic rings. The van der Waals surface area contributed by atoms with Crippen molar-refractivity contribution in [3.63, 3.8) is 0 Å². The lowest BCUT2D eigenvalue weighted by molar-refractivity contribution is 0.606. The Labute approximate surface area is 123 Å². The van der Waals surface area contributed by atoms with Gasteiger partial charge in [0.1, 0.15) is 11.6 Å². The minimum Gasteiger partial charge on any atom is -0.370 e. The first-order valence-electron chi connectivity index (χ1n) is 6.54. The van der Waals surface area contributed by atoms with E-state index in [1.165, 1.54) is 18.2 Å². The van der Waals surface area contributed by atoms with Crippen LogP contribution in [0.15, 0.2) is 42.5 Å². The van der Waals surface area contributed by atoms with E-state index in [9.17, 15) is 8.78 Å². The maximum Gasteiger partial charge on any atom is 0.129 e. The van der Waals surface area contributed by atoms with Crippen molar-refractivity contribution in [1.29, 1.82) is 0 Å². The molecule has 0 aromatic heterocycles. The lowest BCUT2D eigenvalue weighted by Gasteiger charge is -2.19. The summed E-state index contributed by atoms with van der Waals surface area (Å²) in [5.41, 5.74) is 7.10. The predicted molar refractivity (Wildman–Crippen MR) is 80.8 cm³/mol. The van der Waals surface area contributed by atoms with E-state index in [4.69, 9.17) is 5.73 Å². The van der Waals surface area contributed by atoms with Crippen LogP contribution < -0.4 is 10.6 Å². The fourth-order valence-electron chi connectivity index (χ4n) is 1.97. The summed E-state index contributed by atoms with van der Waals surface area (Å²) in [6, 6.07) is 11.0. The van der Waals surface area contributed by atoms with E-state index in [2.05, 4.69) is 11.8 Å². The Morgan fingerprint density at radius 1 is 1.14 bits per heavy atom. The van der Waals surface area contributed by atoms with Crippen LogP contribution >= 0.6 is 0 Å². The van der Waals surface area contributed by atoms with Crippen LogP contribution in [0.2, 0.25) is 0 Å². The SMILES string of the molecule is CN(Cc1ccc(C#CCN)cc1F)c1cccc(F)c1. The molecule has 2 rings (SSSR count). The monoisotopic (exact) mass is 286 g/mol. The molecule has 0 amide bonds. The minimum absolute atomic E-state index is 0.242. The molecule has 0 saturated carbocycles. The Kier molecular flexibility index (Phi) is 4.91. The Bertz CT molecular complexity index is 687. The van der Waals surface area contributed by atoms with Crippen LogP contribution in [0.5, 0.6) is 0 Å². The van der Waals surface area contributed by atoms with E-state index in [1.807, 2.05) is 0 Å². The summed E-state index contributed by atoms with van der Waals surface area (Å²) < 4.78 is 27.2. The first-order chi connectivity index (χ1) is 10.1. The third-order valence-electron chi connectivity index (χ3n) is 3.04. The van der Waals surface area contributed by atoms with Gasteiger partial charge in [0, 0.05) is 30.4 Å². The molecule has 0 radical (unpaired) electrons. The van der Waals surface area contributed by atoms with Gasteiger partial charge < -0.3 is 10.6 Å². The number of hydrogen-bond donors (Lipinski definition) is 1. The van der Waals surface area contributed by atoms with Gasteiger partial charge in [-0.1, -0.05) is 24.0 Å². The van der Waals surface area contributed by atoms with Gasteiger partial charge in [-0.15, -0.1) is 0 Å². The molecule has 2 aromatic carbocycles. The van der Waals surface area contributed by atoms with Crippen molar-refractivity contribution < 1.29 is 8.78 Å². The summed E-state index contributed by atoms with van der Waals surface area (Å²) in [6.45, 7) is 0.589. The highest BCUT2D eigenvalue weighted by molar-refractivity contribution is 5.47. The van der Waals surface area contributed by atoms with Gasteiger partial charge in [-0.3, -0.25) is 0 Å². The first kappa shape index (κ1) is 15.0. The van der Waals surface area contributed by atoms with Crippen molar-refractivity contribution in [2.75, 3.05) is 18.5 Å². The molecule has 2 N–H and O–H groups in total. The smallest absolute Gasteiger partial charge is 0.129 e. The molecule has 108 valence electrons. The molecule has 0 fully saturated rings. The minimum atomic E-state index is -0.331. The van der Waals surface area contributed by atoms with E-state index in [0.29, 0.717) is 23.4 Å². The summed E-state index contributed by atoms with van der Waals surface area (Å²) in [6.07, 6.45) is 0. The molecule has 0 bridgehead atoms. The van der Waals surface area contributed by atoms with Crippen LogP contribution in [0.25, 0.3) is 0 Å². The van der Waals surface area contributed by atoms with Crippen molar-refractivity contribution in [2.45, 2.75) is 6.54 Å². The Morgan fingerprint density at radius 2 is 1.95 bits per heavy atom. The molecule has 0 atom stereocenters.